The predicted molar refractivity (Wildman–Crippen MR) is 71.2 cm³/mol. The SMILES string of the molecule is CCNC(CC)c1nnc(-c2cccc(C)c2)o1. The van der Waals surface area contributed by atoms with Crippen LogP contribution in [-0.2, 0) is 0 Å². The van der Waals surface area contributed by atoms with Gasteiger partial charge in [-0.25, -0.2) is 0 Å². The van der Waals surface area contributed by atoms with Gasteiger partial charge in [0.2, 0.25) is 11.8 Å². The molecule has 1 aromatic carbocycles. The monoisotopic (exact) mass is 245 g/mol. The number of rotatable bonds is 5. The lowest BCUT2D eigenvalue weighted by molar-refractivity contribution is 0.402. The molecule has 0 saturated heterocycles. The average Bonchev–Trinajstić information content (AvgIpc) is 2.85. The van der Waals surface area contributed by atoms with Gasteiger partial charge in [0.05, 0.1) is 6.04 Å². The standard InChI is InChI=1S/C14H19N3O/c1-4-12(15-5-2)14-17-16-13(18-14)11-8-6-7-10(3)9-11/h6-9,12,15H,4-5H2,1-3H3. The van der Waals surface area contributed by atoms with Gasteiger partial charge >= 0.3 is 0 Å². The number of nitrogens with zero attached hydrogens (tertiary/aromatic N) is 2. The highest BCUT2D eigenvalue weighted by Gasteiger charge is 2.16. The molecule has 4 heteroatoms. The zero-order valence-corrected chi connectivity index (χ0v) is 11.1. The van der Waals surface area contributed by atoms with Crippen LogP contribution in [0.4, 0.5) is 0 Å². The molecular weight excluding hydrogens is 226 g/mol. The highest BCUT2D eigenvalue weighted by Crippen LogP contribution is 2.22. The molecule has 1 unspecified atom stereocenters. The van der Waals surface area contributed by atoms with Gasteiger partial charge in [-0.15, -0.1) is 10.2 Å². The van der Waals surface area contributed by atoms with Gasteiger partial charge in [-0.1, -0.05) is 31.5 Å². The van der Waals surface area contributed by atoms with E-state index in [0.29, 0.717) is 11.8 Å². The Kier molecular flexibility index (Phi) is 4.10. The van der Waals surface area contributed by atoms with Crippen LogP contribution in [0.1, 0.15) is 37.8 Å². The molecule has 0 aliphatic carbocycles. The lowest BCUT2D eigenvalue weighted by Crippen LogP contribution is -2.20. The molecule has 1 aromatic heterocycles. The highest BCUT2D eigenvalue weighted by atomic mass is 16.4. The van der Waals surface area contributed by atoms with Gasteiger partial charge < -0.3 is 9.73 Å². The van der Waals surface area contributed by atoms with Crippen LogP contribution < -0.4 is 5.32 Å². The van der Waals surface area contributed by atoms with Crippen LogP contribution in [0.5, 0.6) is 0 Å². The first-order chi connectivity index (χ1) is 8.74. The number of hydrogen-bond donors (Lipinski definition) is 1. The van der Waals surface area contributed by atoms with Crippen molar-refractivity contribution in [2.24, 2.45) is 0 Å². The van der Waals surface area contributed by atoms with Crippen molar-refractivity contribution < 1.29 is 4.42 Å². The summed E-state index contributed by atoms with van der Waals surface area (Å²) in [5.41, 5.74) is 2.16. The van der Waals surface area contributed by atoms with E-state index in [4.69, 9.17) is 4.42 Å². The second kappa shape index (κ2) is 5.78. The molecular formula is C14H19N3O. The summed E-state index contributed by atoms with van der Waals surface area (Å²) in [6, 6.07) is 8.22. The van der Waals surface area contributed by atoms with E-state index in [-0.39, 0.29) is 6.04 Å². The topological polar surface area (TPSA) is 51.0 Å². The third-order valence-corrected chi connectivity index (χ3v) is 2.86. The zero-order valence-electron chi connectivity index (χ0n) is 11.1. The predicted octanol–water partition coefficient (Wildman–Crippen LogP) is 3.11. The molecule has 4 nitrogen and oxygen atoms in total. The van der Waals surface area contributed by atoms with Gasteiger partial charge in [0.15, 0.2) is 0 Å². The quantitative estimate of drug-likeness (QED) is 0.879. The Bertz CT molecular complexity index is 507. The molecule has 1 N–H and O–H groups in total. The molecule has 2 aromatic rings. The Morgan fingerprint density at radius 2 is 2.11 bits per heavy atom. The Balaban J connectivity index is 2.24. The van der Waals surface area contributed by atoms with Crippen LogP contribution in [0, 0.1) is 6.92 Å². The van der Waals surface area contributed by atoms with Gasteiger partial charge in [0.1, 0.15) is 0 Å². The van der Waals surface area contributed by atoms with Crippen LogP contribution in [0.15, 0.2) is 28.7 Å². The highest BCUT2D eigenvalue weighted by molar-refractivity contribution is 5.53. The molecule has 0 amide bonds. The van der Waals surface area contributed by atoms with Crippen LogP contribution >= 0.6 is 0 Å². The minimum absolute atomic E-state index is 0.140. The molecule has 0 fully saturated rings. The van der Waals surface area contributed by atoms with Gasteiger partial charge in [0, 0.05) is 5.56 Å². The minimum atomic E-state index is 0.140. The van der Waals surface area contributed by atoms with Crippen molar-refractivity contribution in [2.75, 3.05) is 6.54 Å². The lowest BCUT2D eigenvalue weighted by atomic mass is 10.1. The Morgan fingerprint density at radius 3 is 2.78 bits per heavy atom. The van der Waals surface area contributed by atoms with Crippen LogP contribution in [0.3, 0.4) is 0 Å². The van der Waals surface area contributed by atoms with Gasteiger partial charge in [-0.3, -0.25) is 0 Å². The summed E-state index contributed by atoms with van der Waals surface area (Å²) in [5.74, 6) is 1.25. The molecule has 0 radical (unpaired) electrons. The first kappa shape index (κ1) is 12.8. The first-order valence-electron chi connectivity index (χ1n) is 6.38. The third kappa shape index (κ3) is 2.76. The third-order valence-electron chi connectivity index (χ3n) is 2.86. The van der Waals surface area contributed by atoms with Crippen LogP contribution in [0.25, 0.3) is 11.5 Å². The molecule has 1 heterocycles. The van der Waals surface area contributed by atoms with Gasteiger partial charge in [0.25, 0.3) is 0 Å². The van der Waals surface area contributed by atoms with E-state index >= 15 is 0 Å². The molecule has 1 atom stereocenters. The summed E-state index contributed by atoms with van der Waals surface area (Å²) >= 11 is 0. The van der Waals surface area contributed by atoms with E-state index in [0.717, 1.165) is 18.5 Å². The molecule has 0 aliphatic rings. The summed E-state index contributed by atoms with van der Waals surface area (Å²) in [5, 5.41) is 11.6. The van der Waals surface area contributed by atoms with Gasteiger partial charge in [-0.05, 0) is 32.0 Å². The maximum absolute atomic E-state index is 5.75. The Hall–Kier alpha value is -1.68. The van der Waals surface area contributed by atoms with Crippen molar-refractivity contribution >= 4 is 0 Å². The van der Waals surface area contributed by atoms with Crippen LogP contribution in [0.2, 0.25) is 0 Å². The summed E-state index contributed by atoms with van der Waals surface area (Å²) in [7, 11) is 0. The number of benzene rings is 1. The molecule has 0 spiro atoms. The van der Waals surface area contributed by atoms with E-state index in [2.05, 4.69) is 29.4 Å². The summed E-state index contributed by atoms with van der Waals surface area (Å²) in [6.45, 7) is 7.11. The van der Waals surface area contributed by atoms with E-state index < -0.39 is 0 Å². The number of aryl methyl sites for hydroxylation is 1. The van der Waals surface area contributed by atoms with E-state index in [1.54, 1.807) is 0 Å². The van der Waals surface area contributed by atoms with Crippen molar-refractivity contribution in [3.63, 3.8) is 0 Å². The fourth-order valence-electron chi connectivity index (χ4n) is 1.92. The second-order valence-electron chi connectivity index (χ2n) is 4.33. The van der Waals surface area contributed by atoms with Crippen molar-refractivity contribution in [3.05, 3.63) is 35.7 Å². The zero-order chi connectivity index (χ0) is 13.0. The van der Waals surface area contributed by atoms with E-state index in [1.807, 2.05) is 31.2 Å². The fourth-order valence-corrected chi connectivity index (χ4v) is 1.92. The molecule has 96 valence electrons. The van der Waals surface area contributed by atoms with Crippen molar-refractivity contribution in [2.45, 2.75) is 33.2 Å². The maximum Gasteiger partial charge on any atom is 0.247 e. The molecule has 18 heavy (non-hydrogen) atoms. The van der Waals surface area contributed by atoms with Crippen molar-refractivity contribution in [1.82, 2.24) is 15.5 Å². The minimum Gasteiger partial charge on any atom is -0.419 e. The number of nitrogens with one attached hydrogen (secondary N) is 1. The Labute approximate surface area is 107 Å². The fraction of sp³-hybridized carbons (Fsp3) is 0.429. The van der Waals surface area contributed by atoms with E-state index in [1.165, 1.54) is 5.56 Å². The molecule has 0 aliphatic heterocycles. The van der Waals surface area contributed by atoms with Crippen LogP contribution in [-0.4, -0.2) is 16.7 Å². The molecule has 2 rings (SSSR count). The second-order valence-corrected chi connectivity index (χ2v) is 4.33. The lowest BCUT2D eigenvalue weighted by Gasteiger charge is -2.10. The summed E-state index contributed by atoms with van der Waals surface area (Å²) in [4.78, 5) is 0. The molecule has 0 saturated carbocycles. The van der Waals surface area contributed by atoms with E-state index in [9.17, 15) is 0 Å². The number of hydrogen-bond acceptors (Lipinski definition) is 4. The van der Waals surface area contributed by atoms with Crippen molar-refractivity contribution in [1.29, 1.82) is 0 Å². The summed E-state index contributed by atoms with van der Waals surface area (Å²) in [6.07, 6.45) is 0.934. The summed E-state index contributed by atoms with van der Waals surface area (Å²) < 4.78 is 5.75. The number of aromatic nitrogens is 2. The average molecular weight is 245 g/mol. The Morgan fingerprint density at radius 1 is 1.28 bits per heavy atom. The smallest absolute Gasteiger partial charge is 0.247 e. The maximum atomic E-state index is 5.75. The largest absolute Gasteiger partial charge is 0.419 e. The normalized spacial score (nSPS) is 12.6. The molecule has 0 bridgehead atoms. The van der Waals surface area contributed by atoms with Gasteiger partial charge in [-0.2, -0.15) is 0 Å². The first-order valence-corrected chi connectivity index (χ1v) is 6.38. The van der Waals surface area contributed by atoms with Crippen molar-refractivity contribution in [3.8, 4) is 11.5 Å².